The molecule has 1 rings (SSSR count). The van der Waals surface area contributed by atoms with Crippen molar-refractivity contribution in [2.75, 3.05) is 7.11 Å². The minimum Gasteiger partial charge on any atom is -0.469 e. The van der Waals surface area contributed by atoms with Crippen LogP contribution in [-0.4, -0.2) is 7.11 Å². The zero-order valence-electron chi connectivity index (χ0n) is 6.09. The van der Waals surface area contributed by atoms with Gasteiger partial charge in [-0.15, -0.1) is 0 Å². The lowest BCUT2D eigenvalue weighted by Gasteiger charge is -1.93. The maximum Gasteiger partial charge on any atom is 0.110 e. The fourth-order valence-electron chi connectivity index (χ4n) is 0.700. The van der Waals surface area contributed by atoms with Crippen molar-refractivity contribution in [2.45, 2.75) is 13.5 Å². The summed E-state index contributed by atoms with van der Waals surface area (Å²) in [5.41, 5.74) is 0.986. The van der Waals surface area contributed by atoms with E-state index in [2.05, 4.69) is 9.78 Å². The Bertz CT molecular complexity index is 192. The van der Waals surface area contributed by atoms with Crippen LogP contribution in [-0.2, 0) is 16.4 Å². The summed E-state index contributed by atoms with van der Waals surface area (Å²) in [6.45, 7) is 2.32. The van der Waals surface area contributed by atoms with E-state index in [0.29, 0.717) is 6.61 Å². The first-order valence-corrected chi connectivity index (χ1v) is 3.02. The Balaban J connectivity index is 2.42. The first-order chi connectivity index (χ1) is 4.83. The van der Waals surface area contributed by atoms with Gasteiger partial charge in [-0.1, -0.05) is 0 Å². The molecule has 0 aliphatic heterocycles. The molecule has 3 heteroatoms. The molecule has 10 heavy (non-hydrogen) atoms. The zero-order valence-corrected chi connectivity index (χ0v) is 6.09. The van der Waals surface area contributed by atoms with Gasteiger partial charge < -0.3 is 4.42 Å². The van der Waals surface area contributed by atoms with Crippen molar-refractivity contribution in [3.8, 4) is 0 Å². The summed E-state index contributed by atoms with van der Waals surface area (Å²) in [5.74, 6) is 0.884. The van der Waals surface area contributed by atoms with Gasteiger partial charge in [0.05, 0.1) is 13.4 Å². The van der Waals surface area contributed by atoms with E-state index in [1.807, 2.05) is 13.0 Å². The van der Waals surface area contributed by atoms with Gasteiger partial charge in [-0.2, -0.15) is 0 Å². The minimum atomic E-state index is 0.438. The van der Waals surface area contributed by atoms with Gasteiger partial charge in [0, 0.05) is 5.56 Å². The summed E-state index contributed by atoms with van der Waals surface area (Å²) in [6, 6.07) is 1.90. The third-order valence-electron chi connectivity index (χ3n) is 1.13. The first kappa shape index (κ1) is 7.31. The largest absolute Gasteiger partial charge is 0.469 e. The number of hydrogen-bond acceptors (Lipinski definition) is 3. The lowest BCUT2D eigenvalue weighted by molar-refractivity contribution is -0.282. The molecule has 56 valence electrons. The van der Waals surface area contributed by atoms with Gasteiger partial charge in [-0.3, -0.25) is 0 Å². The van der Waals surface area contributed by atoms with E-state index in [4.69, 9.17) is 4.42 Å². The Kier molecular flexibility index (Phi) is 2.48. The predicted octanol–water partition coefficient (Wildman–Crippen LogP) is 1.67. The maximum atomic E-state index is 5.03. The van der Waals surface area contributed by atoms with Gasteiger partial charge in [0.1, 0.15) is 12.4 Å². The van der Waals surface area contributed by atoms with Gasteiger partial charge in [-0.25, -0.2) is 9.78 Å². The predicted molar refractivity (Wildman–Crippen MR) is 35.2 cm³/mol. The van der Waals surface area contributed by atoms with E-state index in [0.717, 1.165) is 11.3 Å². The Morgan fingerprint density at radius 3 is 2.90 bits per heavy atom. The van der Waals surface area contributed by atoms with E-state index in [1.165, 1.54) is 7.11 Å². The molecule has 0 bridgehead atoms. The van der Waals surface area contributed by atoms with Crippen LogP contribution in [0.15, 0.2) is 16.7 Å². The van der Waals surface area contributed by atoms with Gasteiger partial charge in [0.2, 0.25) is 0 Å². The van der Waals surface area contributed by atoms with E-state index < -0.39 is 0 Å². The van der Waals surface area contributed by atoms with Crippen LogP contribution in [0.1, 0.15) is 11.3 Å². The molecule has 1 heterocycles. The second kappa shape index (κ2) is 3.39. The highest BCUT2D eigenvalue weighted by Crippen LogP contribution is 2.06. The Morgan fingerprint density at radius 1 is 1.60 bits per heavy atom. The fourth-order valence-corrected chi connectivity index (χ4v) is 0.700. The van der Waals surface area contributed by atoms with Crippen LogP contribution in [0.3, 0.4) is 0 Å². The molecule has 0 saturated carbocycles. The number of rotatable bonds is 3. The fraction of sp³-hybridized carbons (Fsp3) is 0.429. The zero-order chi connectivity index (χ0) is 7.40. The average molecular weight is 142 g/mol. The molecule has 3 nitrogen and oxygen atoms in total. The molecule has 0 spiro atoms. The summed E-state index contributed by atoms with van der Waals surface area (Å²) in [6.07, 6.45) is 1.65. The van der Waals surface area contributed by atoms with Crippen molar-refractivity contribution in [1.82, 2.24) is 0 Å². The maximum absolute atomic E-state index is 5.03. The van der Waals surface area contributed by atoms with Crippen molar-refractivity contribution in [1.29, 1.82) is 0 Å². The number of aryl methyl sites for hydroxylation is 1. The molecule has 0 aliphatic carbocycles. The smallest absolute Gasteiger partial charge is 0.110 e. The second-order valence-corrected chi connectivity index (χ2v) is 1.99. The van der Waals surface area contributed by atoms with E-state index >= 15 is 0 Å². The lowest BCUT2D eigenvalue weighted by Crippen LogP contribution is -1.87. The first-order valence-electron chi connectivity index (χ1n) is 3.02. The second-order valence-electron chi connectivity index (χ2n) is 1.99. The monoisotopic (exact) mass is 142 g/mol. The molecule has 0 fully saturated rings. The van der Waals surface area contributed by atoms with Crippen molar-refractivity contribution >= 4 is 0 Å². The SMILES string of the molecule is COOCc1coc(C)c1. The molecule has 0 atom stereocenters. The van der Waals surface area contributed by atoms with Crippen molar-refractivity contribution in [3.05, 3.63) is 23.7 Å². The molecule has 0 N–H and O–H groups in total. The third-order valence-corrected chi connectivity index (χ3v) is 1.13. The van der Waals surface area contributed by atoms with Crippen LogP contribution < -0.4 is 0 Å². The minimum absolute atomic E-state index is 0.438. The lowest BCUT2D eigenvalue weighted by atomic mass is 10.3. The molecule has 0 aromatic carbocycles. The average Bonchev–Trinajstić information content (AvgIpc) is 2.31. The van der Waals surface area contributed by atoms with Crippen LogP contribution in [0.4, 0.5) is 0 Å². The van der Waals surface area contributed by atoms with Crippen molar-refractivity contribution < 1.29 is 14.2 Å². The van der Waals surface area contributed by atoms with Gasteiger partial charge in [-0.05, 0) is 13.0 Å². The van der Waals surface area contributed by atoms with Gasteiger partial charge >= 0.3 is 0 Å². The Hall–Kier alpha value is -0.800. The summed E-state index contributed by atoms with van der Waals surface area (Å²) in [7, 11) is 1.48. The van der Waals surface area contributed by atoms with Crippen LogP contribution in [0.2, 0.25) is 0 Å². The van der Waals surface area contributed by atoms with E-state index in [9.17, 15) is 0 Å². The number of furan rings is 1. The number of hydrogen-bond donors (Lipinski definition) is 0. The topological polar surface area (TPSA) is 31.6 Å². The third kappa shape index (κ3) is 1.86. The van der Waals surface area contributed by atoms with Gasteiger partial charge in [0.15, 0.2) is 0 Å². The molecule has 0 amide bonds. The van der Waals surface area contributed by atoms with Gasteiger partial charge in [0.25, 0.3) is 0 Å². The molecule has 0 saturated heterocycles. The summed E-state index contributed by atoms with van der Waals surface area (Å²) >= 11 is 0. The van der Waals surface area contributed by atoms with E-state index in [1.54, 1.807) is 6.26 Å². The highest BCUT2D eigenvalue weighted by atomic mass is 17.2. The highest BCUT2D eigenvalue weighted by molar-refractivity contribution is 5.09. The standard InChI is InChI=1S/C7H10O3/c1-6-3-7(4-9-6)5-10-8-2/h3-4H,5H2,1-2H3. The molecule has 0 radical (unpaired) electrons. The Morgan fingerprint density at radius 2 is 2.40 bits per heavy atom. The quantitative estimate of drug-likeness (QED) is 0.475. The van der Waals surface area contributed by atoms with Crippen LogP contribution in [0, 0.1) is 6.92 Å². The molecule has 1 aromatic rings. The summed E-state index contributed by atoms with van der Waals surface area (Å²) in [4.78, 5) is 9.09. The molecule has 0 aliphatic rings. The van der Waals surface area contributed by atoms with Crippen LogP contribution >= 0.6 is 0 Å². The van der Waals surface area contributed by atoms with Crippen LogP contribution in [0.5, 0.6) is 0 Å². The molecular weight excluding hydrogens is 132 g/mol. The summed E-state index contributed by atoms with van der Waals surface area (Å²) in [5, 5.41) is 0. The van der Waals surface area contributed by atoms with Crippen molar-refractivity contribution in [3.63, 3.8) is 0 Å². The van der Waals surface area contributed by atoms with Crippen LogP contribution in [0.25, 0.3) is 0 Å². The highest BCUT2D eigenvalue weighted by Gasteiger charge is 1.96. The van der Waals surface area contributed by atoms with Crippen molar-refractivity contribution in [2.24, 2.45) is 0 Å². The molecule has 0 unspecified atom stereocenters. The van der Waals surface area contributed by atoms with E-state index in [-0.39, 0.29) is 0 Å². The molecule has 1 aromatic heterocycles. The molecular formula is C7H10O3. The summed E-state index contributed by atoms with van der Waals surface area (Å²) < 4.78 is 5.03. The normalized spacial score (nSPS) is 10.2. The Labute approximate surface area is 59.5 Å².